The smallest absolute Gasteiger partial charge is 0.243 e. The molecule has 3 rings (SSSR count). The molecule has 3 aromatic carbocycles. The quantitative estimate of drug-likeness (QED) is 0.615. The Balaban J connectivity index is 1.55. The summed E-state index contributed by atoms with van der Waals surface area (Å²) in [7, 11) is 1.68. The van der Waals surface area contributed by atoms with Gasteiger partial charge >= 0.3 is 0 Å². The zero-order valence-corrected chi connectivity index (χ0v) is 15.6. The van der Waals surface area contributed by atoms with Gasteiger partial charge in [-0.25, -0.2) is 0 Å². The van der Waals surface area contributed by atoms with Crippen LogP contribution in [0, 0.1) is 0 Å². The van der Waals surface area contributed by atoms with Crippen molar-refractivity contribution >= 4 is 17.3 Å². The summed E-state index contributed by atoms with van der Waals surface area (Å²) in [6.45, 7) is 2.19. The van der Waals surface area contributed by atoms with Crippen LogP contribution in [0.15, 0.2) is 78.9 Å². The van der Waals surface area contributed by atoms with Crippen LogP contribution in [0.3, 0.4) is 0 Å². The fourth-order valence-corrected chi connectivity index (χ4v) is 2.80. The molecule has 0 aromatic heterocycles. The third-order valence-corrected chi connectivity index (χ3v) is 4.44. The molecule has 0 spiro atoms. The Hall–Kier alpha value is -3.11. The highest BCUT2D eigenvalue weighted by Crippen LogP contribution is 2.21. The molecule has 0 saturated heterocycles. The lowest BCUT2D eigenvalue weighted by Gasteiger charge is -2.13. The summed E-state index contributed by atoms with van der Waals surface area (Å²) in [5, 5.41) is 6.07. The third kappa shape index (κ3) is 5.19. The molecule has 0 aliphatic rings. The topological polar surface area (TPSA) is 50.4 Å². The van der Waals surface area contributed by atoms with E-state index in [0.29, 0.717) is 0 Å². The normalized spacial score (nSPS) is 11.6. The van der Waals surface area contributed by atoms with Crippen molar-refractivity contribution in [2.45, 2.75) is 13.0 Å². The number of hydrogen-bond donors (Lipinski definition) is 2. The number of hydrogen-bond acceptors (Lipinski definition) is 3. The Bertz CT molecular complexity index is 876. The fourth-order valence-electron chi connectivity index (χ4n) is 2.80. The van der Waals surface area contributed by atoms with E-state index in [1.54, 1.807) is 7.11 Å². The number of ether oxygens (including phenoxy) is 1. The van der Waals surface area contributed by atoms with Crippen LogP contribution in [0.1, 0.15) is 18.6 Å². The van der Waals surface area contributed by atoms with E-state index < -0.39 is 0 Å². The van der Waals surface area contributed by atoms with Crippen molar-refractivity contribution in [3.63, 3.8) is 0 Å². The van der Waals surface area contributed by atoms with Crippen LogP contribution in [-0.4, -0.2) is 19.6 Å². The fraction of sp³-hybridized carbons (Fsp3) is 0.174. The van der Waals surface area contributed by atoms with Gasteiger partial charge in [-0.2, -0.15) is 0 Å². The molecule has 0 aliphatic heterocycles. The van der Waals surface area contributed by atoms with E-state index >= 15 is 0 Å². The lowest BCUT2D eigenvalue weighted by Crippen LogP contribution is -2.21. The maximum absolute atomic E-state index is 12.2. The first-order chi connectivity index (χ1) is 13.2. The molecule has 0 fully saturated rings. The minimum absolute atomic E-state index is 0.0173. The number of rotatable bonds is 7. The molecule has 1 unspecified atom stereocenters. The Morgan fingerprint density at radius 1 is 0.889 bits per heavy atom. The van der Waals surface area contributed by atoms with E-state index in [1.165, 1.54) is 0 Å². The molecule has 2 N–H and O–H groups in total. The van der Waals surface area contributed by atoms with Gasteiger partial charge in [0.05, 0.1) is 12.6 Å². The zero-order chi connectivity index (χ0) is 19.1. The second-order valence-corrected chi connectivity index (χ2v) is 6.35. The highest BCUT2D eigenvalue weighted by Gasteiger charge is 2.06. The summed E-state index contributed by atoms with van der Waals surface area (Å²) >= 11 is 0. The van der Waals surface area contributed by atoms with Gasteiger partial charge in [0.2, 0.25) is 5.91 Å². The van der Waals surface area contributed by atoms with Gasteiger partial charge in [-0.3, -0.25) is 4.79 Å². The van der Waals surface area contributed by atoms with E-state index in [0.717, 1.165) is 28.1 Å². The Labute approximate surface area is 160 Å². The van der Waals surface area contributed by atoms with Crippen molar-refractivity contribution in [2.24, 2.45) is 0 Å². The maximum atomic E-state index is 12.2. The third-order valence-electron chi connectivity index (χ3n) is 4.44. The molecular weight excluding hydrogens is 336 g/mol. The Kier molecular flexibility index (Phi) is 6.23. The minimum atomic E-state index is -0.0901. The molecule has 0 heterocycles. The molecule has 4 nitrogen and oxygen atoms in total. The van der Waals surface area contributed by atoms with Gasteiger partial charge in [-0.1, -0.05) is 54.6 Å². The van der Waals surface area contributed by atoms with Crippen LogP contribution >= 0.6 is 0 Å². The monoisotopic (exact) mass is 360 g/mol. The van der Waals surface area contributed by atoms with Gasteiger partial charge in [0, 0.05) is 18.5 Å². The molecule has 0 bridgehead atoms. The standard InChI is InChI=1S/C23H24N2O2/c1-17(27-2)20-9-6-10-22(15-20)24-16-23(26)25-21-13-11-19(12-14-21)18-7-4-3-5-8-18/h3-15,17,24H,16H2,1-2H3,(H,25,26). The van der Waals surface area contributed by atoms with Gasteiger partial charge in [0.1, 0.15) is 0 Å². The second kappa shape index (κ2) is 9.01. The largest absolute Gasteiger partial charge is 0.377 e. The van der Waals surface area contributed by atoms with Crippen LogP contribution in [0.2, 0.25) is 0 Å². The minimum Gasteiger partial charge on any atom is -0.377 e. The predicted octanol–water partition coefficient (Wildman–Crippen LogP) is 5.11. The number of nitrogens with one attached hydrogen (secondary N) is 2. The van der Waals surface area contributed by atoms with Gasteiger partial charge in [0.15, 0.2) is 0 Å². The highest BCUT2D eigenvalue weighted by atomic mass is 16.5. The van der Waals surface area contributed by atoms with Crippen molar-refractivity contribution < 1.29 is 9.53 Å². The van der Waals surface area contributed by atoms with Crippen LogP contribution in [0.25, 0.3) is 11.1 Å². The molecule has 138 valence electrons. The van der Waals surface area contributed by atoms with Crippen molar-refractivity contribution in [2.75, 3.05) is 24.3 Å². The summed E-state index contributed by atoms with van der Waals surface area (Å²) in [6.07, 6.45) is 0.0173. The molecule has 3 aromatic rings. The van der Waals surface area contributed by atoms with E-state index in [2.05, 4.69) is 22.8 Å². The highest BCUT2D eigenvalue weighted by molar-refractivity contribution is 5.94. The summed E-state index contributed by atoms with van der Waals surface area (Å²) < 4.78 is 5.33. The number of benzene rings is 3. The molecule has 1 atom stereocenters. The predicted molar refractivity (Wildman–Crippen MR) is 111 cm³/mol. The summed E-state index contributed by atoms with van der Waals surface area (Å²) in [6, 6.07) is 25.9. The van der Waals surface area contributed by atoms with Crippen LogP contribution in [0.5, 0.6) is 0 Å². The maximum Gasteiger partial charge on any atom is 0.243 e. The number of anilines is 2. The number of carbonyl (C=O) groups is 1. The Morgan fingerprint density at radius 3 is 2.30 bits per heavy atom. The first kappa shape index (κ1) is 18.7. The Morgan fingerprint density at radius 2 is 1.59 bits per heavy atom. The van der Waals surface area contributed by atoms with Gasteiger partial charge in [-0.05, 0) is 47.9 Å². The van der Waals surface area contributed by atoms with Crippen molar-refractivity contribution in [3.8, 4) is 11.1 Å². The van der Waals surface area contributed by atoms with Crippen molar-refractivity contribution in [1.29, 1.82) is 0 Å². The first-order valence-corrected chi connectivity index (χ1v) is 8.97. The van der Waals surface area contributed by atoms with Gasteiger partial charge < -0.3 is 15.4 Å². The van der Waals surface area contributed by atoms with E-state index in [9.17, 15) is 4.79 Å². The van der Waals surface area contributed by atoms with Crippen LogP contribution in [-0.2, 0) is 9.53 Å². The van der Waals surface area contributed by atoms with E-state index in [4.69, 9.17) is 4.74 Å². The molecule has 4 heteroatoms. The molecular formula is C23H24N2O2. The van der Waals surface area contributed by atoms with E-state index in [-0.39, 0.29) is 18.6 Å². The SMILES string of the molecule is COC(C)c1cccc(NCC(=O)Nc2ccc(-c3ccccc3)cc2)c1. The van der Waals surface area contributed by atoms with Gasteiger partial charge in [-0.15, -0.1) is 0 Å². The molecule has 0 radical (unpaired) electrons. The number of methoxy groups -OCH3 is 1. The summed E-state index contributed by atoms with van der Waals surface area (Å²) in [4.78, 5) is 12.2. The zero-order valence-electron chi connectivity index (χ0n) is 15.6. The van der Waals surface area contributed by atoms with Crippen LogP contribution < -0.4 is 10.6 Å². The lowest BCUT2D eigenvalue weighted by atomic mass is 10.1. The van der Waals surface area contributed by atoms with Crippen molar-refractivity contribution in [1.82, 2.24) is 0 Å². The summed E-state index contributed by atoms with van der Waals surface area (Å²) in [5.41, 5.74) is 5.02. The molecule has 0 saturated carbocycles. The number of carbonyl (C=O) groups excluding carboxylic acids is 1. The van der Waals surface area contributed by atoms with E-state index in [1.807, 2.05) is 73.7 Å². The van der Waals surface area contributed by atoms with Gasteiger partial charge in [0.25, 0.3) is 0 Å². The lowest BCUT2D eigenvalue weighted by molar-refractivity contribution is -0.114. The number of amides is 1. The second-order valence-electron chi connectivity index (χ2n) is 6.35. The first-order valence-electron chi connectivity index (χ1n) is 8.97. The average Bonchev–Trinajstić information content (AvgIpc) is 2.73. The molecule has 0 aliphatic carbocycles. The molecule has 1 amide bonds. The van der Waals surface area contributed by atoms with Crippen molar-refractivity contribution in [3.05, 3.63) is 84.4 Å². The van der Waals surface area contributed by atoms with Crippen LogP contribution in [0.4, 0.5) is 11.4 Å². The molecule has 27 heavy (non-hydrogen) atoms. The average molecular weight is 360 g/mol. The summed E-state index contributed by atoms with van der Waals surface area (Å²) in [5.74, 6) is -0.0901.